The first-order chi connectivity index (χ1) is 11.0. The van der Waals surface area contributed by atoms with E-state index < -0.39 is 11.6 Å². The van der Waals surface area contributed by atoms with Crippen molar-refractivity contribution in [2.24, 2.45) is 5.92 Å². The number of aliphatic hydroxyl groups is 1. The van der Waals surface area contributed by atoms with Crippen LogP contribution in [0.1, 0.15) is 77.6 Å². The summed E-state index contributed by atoms with van der Waals surface area (Å²) in [4.78, 5) is 24.4. The largest absolute Gasteiger partial charge is 0.388 e. The van der Waals surface area contributed by atoms with Gasteiger partial charge in [-0.05, 0) is 32.6 Å². The molecule has 0 spiro atoms. The van der Waals surface area contributed by atoms with Gasteiger partial charge in [0.05, 0.1) is 5.60 Å². The molecule has 2 saturated carbocycles. The van der Waals surface area contributed by atoms with Gasteiger partial charge in [0.25, 0.3) is 0 Å². The standard InChI is InChI=1S/C18H32N2O3/c1-14(20-17(22)15-9-5-4-6-10-15)16(21)19-13-18(23)11-7-2-3-8-12-18/h14-15,23H,2-13H2,1H3,(H,19,21)(H,20,22). The molecule has 0 radical (unpaired) electrons. The van der Waals surface area contributed by atoms with Crippen LogP contribution in [0.5, 0.6) is 0 Å². The molecule has 0 heterocycles. The van der Waals surface area contributed by atoms with Crippen LogP contribution >= 0.6 is 0 Å². The number of carbonyl (C=O) groups is 2. The molecule has 2 fully saturated rings. The Balaban J connectivity index is 1.74. The second-order valence-electron chi connectivity index (χ2n) is 7.42. The minimum atomic E-state index is -0.779. The summed E-state index contributed by atoms with van der Waals surface area (Å²) in [6.07, 6.45) is 11.1. The van der Waals surface area contributed by atoms with Gasteiger partial charge in [0.15, 0.2) is 0 Å². The second-order valence-corrected chi connectivity index (χ2v) is 7.42. The number of carbonyl (C=O) groups excluding carboxylic acids is 2. The summed E-state index contributed by atoms with van der Waals surface area (Å²) in [5, 5.41) is 16.2. The van der Waals surface area contributed by atoms with Crippen molar-refractivity contribution in [2.75, 3.05) is 6.54 Å². The lowest BCUT2D eigenvalue weighted by Gasteiger charge is -2.28. The average Bonchev–Trinajstić information content (AvgIpc) is 2.78. The van der Waals surface area contributed by atoms with Crippen molar-refractivity contribution in [3.05, 3.63) is 0 Å². The van der Waals surface area contributed by atoms with Crippen LogP contribution in [0.25, 0.3) is 0 Å². The fraction of sp³-hybridized carbons (Fsp3) is 0.889. The summed E-state index contributed by atoms with van der Waals surface area (Å²) in [5.74, 6) is -0.141. The average molecular weight is 324 g/mol. The van der Waals surface area contributed by atoms with Gasteiger partial charge in [0.2, 0.25) is 11.8 Å². The Hall–Kier alpha value is -1.10. The van der Waals surface area contributed by atoms with Crippen LogP contribution in [-0.4, -0.2) is 35.1 Å². The lowest BCUT2D eigenvalue weighted by Crippen LogP contribution is -2.50. The minimum Gasteiger partial charge on any atom is -0.388 e. The zero-order valence-electron chi connectivity index (χ0n) is 14.4. The molecule has 0 bridgehead atoms. The lowest BCUT2D eigenvalue weighted by molar-refractivity contribution is -0.131. The smallest absolute Gasteiger partial charge is 0.242 e. The first-order valence-electron chi connectivity index (χ1n) is 9.31. The van der Waals surface area contributed by atoms with Crippen LogP contribution in [0.4, 0.5) is 0 Å². The molecule has 5 heteroatoms. The molecule has 0 aromatic heterocycles. The van der Waals surface area contributed by atoms with Gasteiger partial charge in [-0.1, -0.05) is 44.9 Å². The zero-order valence-corrected chi connectivity index (χ0v) is 14.4. The molecular weight excluding hydrogens is 292 g/mol. The molecule has 23 heavy (non-hydrogen) atoms. The monoisotopic (exact) mass is 324 g/mol. The van der Waals surface area contributed by atoms with Gasteiger partial charge in [0.1, 0.15) is 6.04 Å². The van der Waals surface area contributed by atoms with Crippen LogP contribution < -0.4 is 10.6 Å². The molecule has 1 unspecified atom stereocenters. The maximum atomic E-state index is 12.2. The first-order valence-corrected chi connectivity index (χ1v) is 9.31. The highest BCUT2D eigenvalue weighted by Crippen LogP contribution is 2.26. The molecule has 2 aliphatic rings. The summed E-state index contributed by atoms with van der Waals surface area (Å²) in [5.41, 5.74) is -0.779. The maximum Gasteiger partial charge on any atom is 0.242 e. The summed E-state index contributed by atoms with van der Waals surface area (Å²) in [7, 11) is 0. The van der Waals surface area contributed by atoms with Crippen molar-refractivity contribution in [1.29, 1.82) is 0 Å². The molecule has 0 saturated heterocycles. The predicted octanol–water partition coefficient (Wildman–Crippen LogP) is 2.27. The first kappa shape index (κ1) is 18.2. The van der Waals surface area contributed by atoms with Crippen molar-refractivity contribution in [3.63, 3.8) is 0 Å². The molecular formula is C18H32N2O3. The molecule has 2 rings (SSSR count). The van der Waals surface area contributed by atoms with Gasteiger partial charge in [-0.25, -0.2) is 0 Å². The number of nitrogens with one attached hydrogen (secondary N) is 2. The highest BCUT2D eigenvalue weighted by Gasteiger charge is 2.30. The van der Waals surface area contributed by atoms with E-state index in [0.29, 0.717) is 0 Å². The van der Waals surface area contributed by atoms with Gasteiger partial charge in [-0.15, -0.1) is 0 Å². The van der Waals surface area contributed by atoms with Crippen molar-refractivity contribution < 1.29 is 14.7 Å². The van der Waals surface area contributed by atoms with Crippen molar-refractivity contribution in [3.8, 4) is 0 Å². The van der Waals surface area contributed by atoms with E-state index in [1.807, 2.05) is 0 Å². The zero-order chi connectivity index (χ0) is 16.7. The summed E-state index contributed by atoms with van der Waals surface area (Å²) in [6.45, 7) is 2.00. The Labute approximate surface area is 139 Å². The third kappa shape index (κ3) is 5.79. The van der Waals surface area contributed by atoms with E-state index in [9.17, 15) is 14.7 Å². The van der Waals surface area contributed by atoms with Gasteiger partial charge in [-0.3, -0.25) is 9.59 Å². The Bertz CT molecular complexity index is 397. The fourth-order valence-corrected chi connectivity index (χ4v) is 3.73. The Kier molecular flexibility index (Phi) is 6.88. The quantitative estimate of drug-likeness (QED) is 0.679. The summed E-state index contributed by atoms with van der Waals surface area (Å²) < 4.78 is 0. The molecule has 1 atom stereocenters. The molecule has 2 aliphatic carbocycles. The molecule has 132 valence electrons. The molecule has 2 amide bonds. The van der Waals surface area contributed by atoms with Crippen LogP contribution in [-0.2, 0) is 9.59 Å². The van der Waals surface area contributed by atoms with Gasteiger partial charge < -0.3 is 15.7 Å². The fourth-order valence-electron chi connectivity index (χ4n) is 3.73. The highest BCUT2D eigenvalue weighted by atomic mass is 16.3. The third-order valence-corrected chi connectivity index (χ3v) is 5.35. The Morgan fingerprint density at radius 1 is 1.04 bits per heavy atom. The van der Waals surface area contributed by atoms with E-state index in [1.165, 1.54) is 6.42 Å². The highest BCUT2D eigenvalue weighted by molar-refractivity contribution is 5.88. The topological polar surface area (TPSA) is 78.4 Å². The van der Waals surface area contributed by atoms with Crippen LogP contribution in [0.2, 0.25) is 0 Å². The van der Waals surface area contributed by atoms with E-state index in [1.54, 1.807) is 6.92 Å². The minimum absolute atomic E-state index is 0.000489. The SMILES string of the molecule is CC(NC(=O)C1CCCCC1)C(=O)NCC1(O)CCCCCC1. The molecule has 0 aromatic rings. The van der Waals surface area contributed by atoms with Crippen LogP contribution in [0.15, 0.2) is 0 Å². The lowest BCUT2D eigenvalue weighted by atomic mass is 9.88. The number of hydrogen-bond acceptors (Lipinski definition) is 3. The molecule has 0 aromatic carbocycles. The van der Waals surface area contributed by atoms with Crippen molar-refractivity contribution >= 4 is 11.8 Å². The molecule has 5 nitrogen and oxygen atoms in total. The second kappa shape index (κ2) is 8.67. The van der Waals surface area contributed by atoms with Crippen molar-refractivity contribution in [2.45, 2.75) is 89.2 Å². The van der Waals surface area contributed by atoms with Gasteiger partial charge in [-0.2, -0.15) is 0 Å². The van der Waals surface area contributed by atoms with Crippen LogP contribution in [0, 0.1) is 5.92 Å². The summed E-state index contributed by atoms with van der Waals surface area (Å²) >= 11 is 0. The van der Waals surface area contributed by atoms with Gasteiger partial charge in [0, 0.05) is 12.5 Å². The number of hydrogen-bond donors (Lipinski definition) is 3. The summed E-state index contributed by atoms with van der Waals surface area (Å²) in [6, 6.07) is -0.543. The Morgan fingerprint density at radius 3 is 2.22 bits per heavy atom. The van der Waals surface area contributed by atoms with Crippen LogP contribution in [0.3, 0.4) is 0 Å². The van der Waals surface area contributed by atoms with E-state index in [-0.39, 0.29) is 24.3 Å². The van der Waals surface area contributed by atoms with Gasteiger partial charge >= 0.3 is 0 Å². The van der Waals surface area contributed by atoms with E-state index in [2.05, 4.69) is 10.6 Å². The predicted molar refractivity (Wildman–Crippen MR) is 89.8 cm³/mol. The molecule has 0 aliphatic heterocycles. The number of rotatable bonds is 5. The van der Waals surface area contributed by atoms with E-state index >= 15 is 0 Å². The van der Waals surface area contributed by atoms with E-state index in [4.69, 9.17) is 0 Å². The number of amides is 2. The normalized spacial score (nSPS) is 23.6. The third-order valence-electron chi connectivity index (χ3n) is 5.35. The van der Waals surface area contributed by atoms with E-state index in [0.717, 1.165) is 64.2 Å². The maximum absolute atomic E-state index is 12.2. The molecule has 3 N–H and O–H groups in total. The van der Waals surface area contributed by atoms with Crippen molar-refractivity contribution in [1.82, 2.24) is 10.6 Å². The Morgan fingerprint density at radius 2 is 1.61 bits per heavy atom.